The van der Waals surface area contributed by atoms with Crippen LogP contribution in [0.2, 0.25) is 0 Å². The lowest BCUT2D eigenvalue weighted by Gasteiger charge is -2.07. The first-order valence-corrected chi connectivity index (χ1v) is 6.79. The molecule has 1 aromatic heterocycles. The Hall–Kier alpha value is -2.05. The highest BCUT2D eigenvalue weighted by Gasteiger charge is 2.02. The van der Waals surface area contributed by atoms with E-state index in [1.165, 1.54) is 0 Å². The van der Waals surface area contributed by atoms with E-state index in [1.54, 1.807) is 6.20 Å². The average Bonchev–Trinajstić information content (AvgIpc) is 2.79. The first-order valence-electron chi connectivity index (χ1n) is 6.79. The highest BCUT2D eigenvalue weighted by molar-refractivity contribution is 5.73. The summed E-state index contributed by atoms with van der Waals surface area (Å²) in [4.78, 5) is 25.9. The van der Waals surface area contributed by atoms with Crippen molar-refractivity contribution in [2.75, 3.05) is 13.1 Å². The monoisotopic (exact) mass is 282 g/mol. The summed E-state index contributed by atoms with van der Waals surface area (Å²) in [6.45, 7) is 1.10. The van der Waals surface area contributed by atoms with Crippen molar-refractivity contribution in [3.63, 3.8) is 0 Å². The Balaban J connectivity index is 1.98. The maximum absolute atomic E-state index is 11.5. The van der Waals surface area contributed by atoms with Crippen molar-refractivity contribution in [2.24, 2.45) is 7.05 Å². The van der Waals surface area contributed by atoms with Gasteiger partial charge in [-0.15, -0.1) is 0 Å². The van der Waals surface area contributed by atoms with Crippen LogP contribution < -0.4 is 10.6 Å². The molecule has 7 heteroatoms. The van der Waals surface area contributed by atoms with Gasteiger partial charge in [-0.1, -0.05) is 6.42 Å². The predicted molar refractivity (Wildman–Crippen MR) is 74.4 cm³/mol. The fraction of sp³-hybridized carbons (Fsp3) is 0.615. The molecule has 0 aliphatic rings. The zero-order chi connectivity index (χ0) is 14.8. The van der Waals surface area contributed by atoms with Crippen LogP contribution in [0.15, 0.2) is 12.4 Å². The van der Waals surface area contributed by atoms with E-state index in [0.29, 0.717) is 25.9 Å². The minimum Gasteiger partial charge on any atom is -0.481 e. The molecule has 0 saturated heterocycles. The first kappa shape index (κ1) is 16.0. The molecule has 7 nitrogen and oxygen atoms in total. The number of rotatable bonds is 9. The molecule has 0 aromatic carbocycles. The lowest BCUT2D eigenvalue weighted by Crippen LogP contribution is -2.37. The van der Waals surface area contributed by atoms with Crippen LogP contribution in [-0.2, 0) is 18.3 Å². The highest BCUT2D eigenvalue weighted by Crippen LogP contribution is 1.98. The second-order valence-electron chi connectivity index (χ2n) is 4.59. The second kappa shape index (κ2) is 8.95. The van der Waals surface area contributed by atoms with Gasteiger partial charge >= 0.3 is 12.0 Å². The number of nitrogens with zero attached hydrogens (tertiary/aromatic N) is 2. The van der Waals surface area contributed by atoms with Crippen molar-refractivity contribution in [1.29, 1.82) is 0 Å². The molecule has 0 radical (unpaired) electrons. The molecule has 0 aliphatic carbocycles. The first-order chi connectivity index (χ1) is 9.59. The molecule has 0 spiro atoms. The number of hydrogen-bond donors (Lipinski definition) is 3. The molecule has 0 saturated carbocycles. The summed E-state index contributed by atoms with van der Waals surface area (Å²) in [5.41, 5.74) is 0. The van der Waals surface area contributed by atoms with E-state index in [4.69, 9.17) is 5.11 Å². The van der Waals surface area contributed by atoms with Crippen molar-refractivity contribution >= 4 is 12.0 Å². The summed E-state index contributed by atoms with van der Waals surface area (Å²) >= 11 is 0. The van der Waals surface area contributed by atoms with Crippen LogP contribution >= 0.6 is 0 Å². The van der Waals surface area contributed by atoms with Gasteiger partial charge in [-0.05, 0) is 12.8 Å². The minimum atomic E-state index is -0.773. The van der Waals surface area contributed by atoms with Gasteiger partial charge in [0.2, 0.25) is 0 Å². The van der Waals surface area contributed by atoms with Crippen molar-refractivity contribution in [1.82, 2.24) is 20.2 Å². The normalized spacial score (nSPS) is 10.2. The Kier molecular flexibility index (Phi) is 7.16. The van der Waals surface area contributed by atoms with Gasteiger partial charge in [0.1, 0.15) is 5.82 Å². The van der Waals surface area contributed by atoms with Crippen LogP contribution in [0.25, 0.3) is 0 Å². The van der Waals surface area contributed by atoms with Crippen LogP contribution in [0, 0.1) is 0 Å². The molecule has 3 N–H and O–H groups in total. The number of nitrogens with one attached hydrogen (secondary N) is 2. The van der Waals surface area contributed by atoms with E-state index in [2.05, 4.69) is 15.6 Å². The fourth-order valence-corrected chi connectivity index (χ4v) is 1.77. The van der Waals surface area contributed by atoms with Crippen LogP contribution in [0.3, 0.4) is 0 Å². The summed E-state index contributed by atoms with van der Waals surface area (Å²) in [5.74, 6) is 0.156. The molecule has 0 aliphatic heterocycles. The minimum absolute atomic E-state index is 0.190. The molecule has 0 bridgehead atoms. The van der Waals surface area contributed by atoms with Crippen molar-refractivity contribution < 1.29 is 14.7 Å². The molecule has 2 amide bonds. The Morgan fingerprint density at radius 2 is 2.00 bits per heavy atom. The number of aryl methyl sites for hydroxylation is 1. The van der Waals surface area contributed by atoms with E-state index in [0.717, 1.165) is 18.7 Å². The van der Waals surface area contributed by atoms with E-state index in [1.807, 2.05) is 17.8 Å². The number of aliphatic carboxylic acids is 1. The number of carboxylic acid groups (broad SMARTS) is 1. The number of amides is 2. The molecule has 1 aromatic rings. The fourth-order valence-electron chi connectivity index (χ4n) is 1.77. The Morgan fingerprint density at radius 3 is 2.65 bits per heavy atom. The number of imidazole rings is 1. The van der Waals surface area contributed by atoms with Gasteiger partial charge in [-0.3, -0.25) is 4.79 Å². The Morgan fingerprint density at radius 1 is 1.25 bits per heavy atom. The van der Waals surface area contributed by atoms with Crippen molar-refractivity contribution in [2.45, 2.75) is 32.1 Å². The van der Waals surface area contributed by atoms with Gasteiger partial charge in [-0.25, -0.2) is 9.78 Å². The topological polar surface area (TPSA) is 96.3 Å². The third-order valence-corrected chi connectivity index (χ3v) is 2.91. The standard InChI is InChI=1S/C13H22N4O3/c1-17-10-9-14-11(17)6-8-16-13(20)15-7-4-2-3-5-12(18)19/h9-10H,2-8H2,1H3,(H,18,19)(H2,15,16,20). The van der Waals surface area contributed by atoms with E-state index >= 15 is 0 Å². The molecule has 1 rings (SSSR count). The zero-order valence-electron chi connectivity index (χ0n) is 11.8. The molecule has 0 fully saturated rings. The number of hydrogen-bond acceptors (Lipinski definition) is 3. The number of carboxylic acids is 1. The second-order valence-corrected chi connectivity index (χ2v) is 4.59. The Bertz CT molecular complexity index is 431. The van der Waals surface area contributed by atoms with Gasteiger partial charge in [0.25, 0.3) is 0 Å². The summed E-state index contributed by atoms with van der Waals surface area (Å²) in [6, 6.07) is -0.197. The third kappa shape index (κ3) is 6.77. The maximum Gasteiger partial charge on any atom is 0.314 e. The highest BCUT2D eigenvalue weighted by atomic mass is 16.4. The molecule has 0 atom stereocenters. The molecule has 20 heavy (non-hydrogen) atoms. The summed E-state index contributed by atoms with van der Waals surface area (Å²) in [5, 5.41) is 14.0. The summed E-state index contributed by atoms with van der Waals surface area (Å²) in [7, 11) is 1.92. The van der Waals surface area contributed by atoms with E-state index < -0.39 is 5.97 Å². The predicted octanol–water partition coefficient (Wildman–Crippen LogP) is 0.907. The average molecular weight is 282 g/mol. The van der Waals surface area contributed by atoms with Gasteiger partial charge < -0.3 is 20.3 Å². The van der Waals surface area contributed by atoms with Gasteiger partial charge in [0.15, 0.2) is 0 Å². The van der Waals surface area contributed by atoms with Crippen molar-refractivity contribution in [3.8, 4) is 0 Å². The van der Waals surface area contributed by atoms with Crippen LogP contribution in [0.4, 0.5) is 4.79 Å². The van der Waals surface area contributed by atoms with E-state index in [9.17, 15) is 9.59 Å². The van der Waals surface area contributed by atoms with E-state index in [-0.39, 0.29) is 12.5 Å². The summed E-state index contributed by atoms with van der Waals surface area (Å²) in [6.07, 6.45) is 6.72. The van der Waals surface area contributed by atoms with Gasteiger partial charge in [0.05, 0.1) is 0 Å². The number of carbonyl (C=O) groups is 2. The van der Waals surface area contributed by atoms with Crippen LogP contribution in [0.5, 0.6) is 0 Å². The lowest BCUT2D eigenvalue weighted by atomic mass is 10.2. The summed E-state index contributed by atoms with van der Waals surface area (Å²) < 4.78 is 1.92. The molecule has 1 heterocycles. The molecule has 112 valence electrons. The zero-order valence-corrected chi connectivity index (χ0v) is 11.8. The Labute approximate surface area is 118 Å². The van der Waals surface area contributed by atoms with Gasteiger partial charge in [0, 0.05) is 45.4 Å². The van der Waals surface area contributed by atoms with Crippen LogP contribution in [0.1, 0.15) is 31.5 Å². The smallest absolute Gasteiger partial charge is 0.314 e. The largest absolute Gasteiger partial charge is 0.481 e. The molecular weight excluding hydrogens is 260 g/mol. The lowest BCUT2D eigenvalue weighted by molar-refractivity contribution is -0.137. The van der Waals surface area contributed by atoms with Crippen LogP contribution in [-0.4, -0.2) is 39.7 Å². The number of unbranched alkanes of at least 4 members (excludes halogenated alkanes) is 2. The number of aromatic nitrogens is 2. The molecular formula is C13H22N4O3. The number of urea groups is 1. The number of carbonyl (C=O) groups excluding carboxylic acids is 1. The maximum atomic E-state index is 11.5. The van der Waals surface area contributed by atoms with Gasteiger partial charge in [-0.2, -0.15) is 0 Å². The SMILES string of the molecule is Cn1ccnc1CCNC(=O)NCCCCCC(=O)O. The third-order valence-electron chi connectivity index (χ3n) is 2.91. The molecule has 0 unspecified atom stereocenters. The quantitative estimate of drug-likeness (QED) is 0.586. The van der Waals surface area contributed by atoms with Crippen molar-refractivity contribution in [3.05, 3.63) is 18.2 Å².